The highest BCUT2D eigenvalue weighted by atomic mass is 16.8. The quantitative estimate of drug-likeness (QED) is 0.0507. The first-order valence-corrected chi connectivity index (χ1v) is 27.5. The Morgan fingerprint density at radius 1 is 0.326 bits per heavy atom. The van der Waals surface area contributed by atoms with Gasteiger partial charge in [0.15, 0.2) is 44.0 Å². The van der Waals surface area contributed by atoms with Gasteiger partial charge >= 0.3 is 0 Å². The van der Waals surface area contributed by atoms with E-state index in [2.05, 4.69) is 16.0 Å². The maximum absolute atomic E-state index is 13.3. The van der Waals surface area contributed by atoms with E-state index in [1.807, 2.05) is 0 Å². The fraction of sp³-hybridized carbons (Fsp3) is 0.938. The van der Waals surface area contributed by atoms with Crippen LogP contribution in [0.15, 0.2) is 0 Å². The molecule has 0 aliphatic carbocycles. The number of hydrogen-bond donors (Lipinski definition) is 22. The summed E-state index contributed by atoms with van der Waals surface area (Å²) >= 11 is 0. The monoisotopic (exact) mass is 1260 g/mol. The Morgan fingerprint density at radius 2 is 0.698 bits per heavy atom. The van der Waals surface area contributed by atoms with E-state index in [0.717, 1.165) is 20.8 Å². The summed E-state index contributed by atoms with van der Waals surface area (Å²) < 4.78 is 76.5. The van der Waals surface area contributed by atoms with Crippen LogP contribution in [0.2, 0.25) is 0 Å². The van der Waals surface area contributed by atoms with Crippen LogP contribution in [0, 0.1) is 0 Å². The van der Waals surface area contributed by atoms with Crippen molar-refractivity contribution >= 4 is 17.7 Å². The lowest BCUT2D eigenvalue weighted by molar-refractivity contribution is -0.391. The van der Waals surface area contributed by atoms with Crippen molar-refractivity contribution in [2.45, 2.75) is 242 Å². The first-order chi connectivity index (χ1) is 40.6. The molecule has 0 aromatic carbocycles. The summed E-state index contributed by atoms with van der Waals surface area (Å²) in [7, 11) is 0. The molecule has 498 valence electrons. The normalized spacial score (nSPS) is 49.4. The number of carbonyl (C=O) groups is 3. The number of rotatable bonds is 21. The van der Waals surface area contributed by atoms with Crippen molar-refractivity contribution in [3.05, 3.63) is 0 Å². The molecule has 22 N–H and O–H groups in total. The Morgan fingerprint density at radius 3 is 1.22 bits per heavy atom. The molecule has 7 aliphatic rings. The molecule has 38 nitrogen and oxygen atoms in total. The van der Waals surface area contributed by atoms with Crippen LogP contribution in [0.3, 0.4) is 0 Å². The van der Waals surface area contributed by atoms with Crippen molar-refractivity contribution in [3.63, 3.8) is 0 Å². The molecule has 7 fully saturated rings. The third-order valence-corrected chi connectivity index (χ3v) is 15.7. The van der Waals surface area contributed by atoms with E-state index >= 15 is 0 Å². The van der Waals surface area contributed by atoms with E-state index in [0.29, 0.717) is 0 Å². The van der Waals surface area contributed by atoms with Crippen LogP contribution in [0.1, 0.15) is 27.7 Å². The zero-order chi connectivity index (χ0) is 63.5. The van der Waals surface area contributed by atoms with Crippen molar-refractivity contribution in [1.82, 2.24) is 16.0 Å². The largest absolute Gasteiger partial charge is 0.394 e. The van der Waals surface area contributed by atoms with Crippen molar-refractivity contribution in [1.29, 1.82) is 0 Å². The van der Waals surface area contributed by atoms with Gasteiger partial charge in [-0.1, -0.05) is 0 Å². The second kappa shape index (κ2) is 30.5. The van der Waals surface area contributed by atoms with Crippen LogP contribution in [-0.2, 0) is 76.0 Å². The van der Waals surface area contributed by atoms with Crippen molar-refractivity contribution in [3.8, 4) is 0 Å². The van der Waals surface area contributed by atoms with Gasteiger partial charge in [0.1, 0.15) is 165 Å². The summed E-state index contributed by atoms with van der Waals surface area (Å²) in [6.45, 7) is -1.73. The molecule has 0 radical (unpaired) electrons. The highest BCUT2D eigenvalue weighted by molar-refractivity contribution is 5.74. The predicted octanol–water partition coefficient (Wildman–Crippen LogP) is -14.8. The highest BCUT2D eigenvalue weighted by Gasteiger charge is 2.59. The summed E-state index contributed by atoms with van der Waals surface area (Å²) in [5.74, 6) is -2.62. The van der Waals surface area contributed by atoms with E-state index in [9.17, 15) is 111 Å². The number of hydrogen-bond acceptors (Lipinski definition) is 35. The number of amides is 3. The van der Waals surface area contributed by atoms with Crippen molar-refractivity contribution in [2.75, 3.05) is 39.6 Å². The fourth-order valence-corrected chi connectivity index (χ4v) is 11.0. The molecule has 0 aromatic heterocycles. The summed E-state index contributed by atoms with van der Waals surface area (Å²) in [6.07, 6.45) is -62.0. The molecule has 1 unspecified atom stereocenters. The van der Waals surface area contributed by atoms with Crippen LogP contribution in [0.25, 0.3) is 0 Å². The summed E-state index contributed by atoms with van der Waals surface area (Å²) in [5, 5.41) is 214. The topological polar surface area (TPSA) is 592 Å². The van der Waals surface area contributed by atoms with Gasteiger partial charge in [0, 0.05) is 20.8 Å². The Hall–Kier alpha value is -2.87. The summed E-state index contributed by atoms with van der Waals surface area (Å²) in [4.78, 5) is 38.4. The van der Waals surface area contributed by atoms with Crippen molar-refractivity contribution in [2.24, 2.45) is 0 Å². The number of ether oxygens (including phenoxy) is 13. The first-order valence-electron chi connectivity index (χ1n) is 27.5. The second-order valence-corrected chi connectivity index (χ2v) is 21.8. The van der Waals surface area contributed by atoms with Crippen LogP contribution in [0.5, 0.6) is 0 Å². The Labute approximate surface area is 488 Å². The molecular formula is C48H81N3O35. The minimum absolute atomic E-state index is 0.827. The van der Waals surface area contributed by atoms with Gasteiger partial charge < -0.3 is 175 Å². The molecule has 7 rings (SSSR count). The van der Waals surface area contributed by atoms with Crippen LogP contribution >= 0.6 is 0 Å². The minimum Gasteiger partial charge on any atom is -0.394 e. The maximum Gasteiger partial charge on any atom is 0.217 e. The Balaban J connectivity index is 1.25. The third-order valence-electron chi connectivity index (χ3n) is 15.7. The van der Waals surface area contributed by atoms with E-state index in [-0.39, 0.29) is 0 Å². The number of nitrogens with one attached hydrogen (secondary N) is 3. The molecule has 7 aliphatic heterocycles. The fourth-order valence-electron chi connectivity index (χ4n) is 11.0. The molecule has 0 aromatic rings. The van der Waals surface area contributed by atoms with Gasteiger partial charge in [-0.25, -0.2) is 0 Å². The Bertz CT molecular complexity index is 2170. The minimum atomic E-state index is -2.38. The molecule has 38 heteroatoms. The standard InChI is InChI=1S/C48H81N3O35/c1-11-24(60)30(66)33(69)45(75-11)83-38-19(9-56)80-44(23(51-14(4)59)40(38)85-47-35(71)32(68)26(62)16(6-53)78-47)86-41-28(64)20(81-48(36(41)72)84-39-22(50-13(3)58)42(73)76-17(7-54)27(39)63)10-74-43-21(49-12(2)57)29(65)37(18(8-55)79-43)82-46-34(70)31(67)25(61)15(5-52)77-46/h11,15-48,52-56,60-73H,5-10H2,1-4H3,(H,49,57)(H,50,58)(H,51,59)/t11-,15+,16+,17+,18+,19+,20+,21+,22+,23+,24+,25-,26-,27-,28-,29+,30+,31-,32-,33-,34+,35+,36+,37+,38+,39+,40+,41-,42?,43+,44-,45-,46-,47-,48-/m0/s1. The molecule has 7 heterocycles. The molecule has 7 saturated heterocycles. The molecule has 0 bridgehead atoms. The number of carbonyl (C=O) groups excluding carboxylic acids is 3. The smallest absolute Gasteiger partial charge is 0.217 e. The van der Waals surface area contributed by atoms with Gasteiger partial charge in [-0.05, 0) is 6.92 Å². The zero-order valence-electron chi connectivity index (χ0n) is 46.5. The molecule has 86 heavy (non-hydrogen) atoms. The molecule has 0 saturated carbocycles. The van der Waals surface area contributed by atoms with E-state index < -0.39 is 272 Å². The summed E-state index contributed by atoms with van der Waals surface area (Å²) in [6, 6.07) is -5.40. The zero-order valence-corrected chi connectivity index (χ0v) is 46.5. The van der Waals surface area contributed by atoms with Gasteiger partial charge in [-0.15, -0.1) is 0 Å². The highest BCUT2D eigenvalue weighted by Crippen LogP contribution is 2.38. The van der Waals surface area contributed by atoms with Gasteiger partial charge in [0.2, 0.25) is 17.7 Å². The lowest BCUT2D eigenvalue weighted by atomic mass is 9.93. The van der Waals surface area contributed by atoms with Gasteiger partial charge in [-0.2, -0.15) is 0 Å². The molecule has 3 amide bonds. The Kier molecular flexibility index (Phi) is 25.0. The van der Waals surface area contributed by atoms with Crippen molar-refractivity contribution < 1.29 is 173 Å². The predicted molar refractivity (Wildman–Crippen MR) is 265 cm³/mol. The van der Waals surface area contributed by atoms with Crippen LogP contribution in [-0.4, -0.2) is 369 Å². The third kappa shape index (κ3) is 15.4. The molecular weight excluding hydrogens is 1180 g/mol. The number of aliphatic hydroxyl groups is 19. The molecule has 0 spiro atoms. The maximum atomic E-state index is 13.3. The lowest BCUT2D eigenvalue weighted by Crippen LogP contribution is -2.71. The first kappa shape index (κ1) is 70.6. The molecule has 35 atom stereocenters. The second-order valence-electron chi connectivity index (χ2n) is 21.8. The average molecular weight is 1260 g/mol. The van der Waals surface area contributed by atoms with Crippen LogP contribution in [0.4, 0.5) is 0 Å². The van der Waals surface area contributed by atoms with Crippen LogP contribution < -0.4 is 16.0 Å². The SMILES string of the molecule is CC(=O)N[C@H]1[C@H](OC[C@H]2O[C@@H](O[C@H]3[C@@H](O)[C@@H](CO)OC(O)[C@@H]3NC(C)=O)[C@H](O)[C@@H](O[C@@H]3O[C@H](CO)[C@@H](O[C@@H]4O[C@@H](C)[C@@H](O)[C@@H](O)[C@@H]4O)[C@H](O[C@@H]4O[C@H](CO)[C@H](O)[C@H](O)[C@H]4O)[C@H]3NC(C)=O)[C@H]2O)O[C@H](CO)[C@@H](O[C@@H]2O[C@H](CO)[C@H](O)[C@H](O)[C@H]2O)[C@@H]1O. The van der Waals surface area contributed by atoms with E-state index in [4.69, 9.17) is 61.6 Å². The average Bonchev–Trinajstić information content (AvgIpc) is 2.59. The van der Waals surface area contributed by atoms with Gasteiger partial charge in [-0.3, -0.25) is 14.4 Å². The lowest BCUT2D eigenvalue weighted by Gasteiger charge is -2.52. The van der Waals surface area contributed by atoms with Gasteiger partial charge in [0.25, 0.3) is 0 Å². The van der Waals surface area contributed by atoms with E-state index in [1.165, 1.54) is 6.92 Å². The summed E-state index contributed by atoms with van der Waals surface area (Å²) in [5.41, 5.74) is 0. The number of aliphatic hydroxyl groups excluding tert-OH is 19. The van der Waals surface area contributed by atoms with E-state index in [1.54, 1.807) is 0 Å². The van der Waals surface area contributed by atoms with Gasteiger partial charge in [0.05, 0.1) is 45.7 Å².